The number of hydrogen-bond donors (Lipinski definition) is 0. The van der Waals surface area contributed by atoms with Gasteiger partial charge < -0.3 is 9.30 Å². The summed E-state index contributed by atoms with van der Waals surface area (Å²) in [4.78, 5) is 4.45. The number of nitrogens with zero attached hydrogens (tertiary/aromatic N) is 3. The lowest BCUT2D eigenvalue weighted by molar-refractivity contribution is 0.409. The van der Waals surface area contributed by atoms with Gasteiger partial charge in [-0.05, 0) is 31.4 Å². The number of methoxy groups -OCH3 is 1. The van der Waals surface area contributed by atoms with Gasteiger partial charge in [0, 0.05) is 7.05 Å². The first-order valence-corrected chi connectivity index (χ1v) is 6.21. The summed E-state index contributed by atoms with van der Waals surface area (Å²) in [7, 11) is 3.54. The van der Waals surface area contributed by atoms with E-state index in [0.29, 0.717) is 5.69 Å². The number of benzene rings is 1. The molecule has 1 aromatic carbocycles. The Morgan fingerprint density at radius 1 is 1.32 bits per heavy atom. The lowest BCUT2D eigenvalue weighted by Crippen LogP contribution is -1.99. The first-order chi connectivity index (χ1) is 9.17. The minimum atomic E-state index is 0.646. The quantitative estimate of drug-likeness (QED) is 0.843. The number of ether oxygens (including phenoxy) is 1. The molecule has 0 aliphatic rings. The molecule has 1 aromatic heterocycles. The molecule has 0 unspecified atom stereocenters. The highest BCUT2D eigenvalue weighted by molar-refractivity contribution is 5.35. The van der Waals surface area contributed by atoms with E-state index < -0.39 is 0 Å². The van der Waals surface area contributed by atoms with Gasteiger partial charge in [-0.3, -0.25) is 0 Å². The second kappa shape index (κ2) is 5.57. The Bertz CT molecular complexity index is 623. The number of hydrogen-bond acceptors (Lipinski definition) is 3. The molecule has 0 saturated heterocycles. The number of aromatic nitrogens is 2. The van der Waals surface area contributed by atoms with Crippen molar-refractivity contribution in [2.24, 2.45) is 7.05 Å². The zero-order valence-corrected chi connectivity index (χ0v) is 11.5. The van der Waals surface area contributed by atoms with Gasteiger partial charge in [-0.15, -0.1) is 0 Å². The average molecular weight is 255 g/mol. The van der Waals surface area contributed by atoms with Crippen LogP contribution < -0.4 is 4.74 Å². The van der Waals surface area contributed by atoms with Crippen LogP contribution in [0.3, 0.4) is 0 Å². The molecule has 2 rings (SSSR count). The highest BCUT2D eigenvalue weighted by Gasteiger charge is 2.12. The predicted molar refractivity (Wildman–Crippen MR) is 73.1 cm³/mol. The maximum Gasteiger partial charge on any atom is 0.143 e. The summed E-state index contributed by atoms with van der Waals surface area (Å²) in [6.07, 6.45) is 1.56. The van der Waals surface area contributed by atoms with E-state index in [1.165, 1.54) is 0 Å². The zero-order chi connectivity index (χ0) is 13.8. The van der Waals surface area contributed by atoms with Crippen LogP contribution in [0.25, 0.3) is 0 Å². The van der Waals surface area contributed by atoms with Gasteiger partial charge in [0.1, 0.15) is 23.3 Å². The van der Waals surface area contributed by atoms with Gasteiger partial charge in [-0.2, -0.15) is 5.26 Å². The van der Waals surface area contributed by atoms with E-state index in [0.717, 1.165) is 35.7 Å². The fraction of sp³-hybridized carbons (Fsp3) is 0.333. The summed E-state index contributed by atoms with van der Waals surface area (Å²) in [5.41, 5.74) is 2.64. The number of aryl methyl sites for hydroxylation is 3. The second-order valence-corrected chi connectivity index (χ2v) is 4.44. The third kappa shape index (κ3) is 2.60. The van der Waals surface area contributed by atoms with Gasteiger partial charge in [-0.25, -0.2) is 4.98 Å². The molecule has 0 aliphatic carbocycles. The minimum absolute atomic E-state index is 0.646. The molecule has 0 aliphatic heterocycles. The molecule has 4 nitrogen and oxygen atoms in total. The molecule has 0 bridgehead atoms. The molecule has 1 heterocycles. The van der Waals surface area contributed by atoms with Crippen molar-refractivity contribution in [2.45, 2.75) is 19.8 Å². The molecule has 0 spiro atoms. The molecule has 0 N–H and O–H groups in total. The Morgan fingerprint density at radius 3 is 2.74 bits per heavy atom. The summed E-state index contributed by atoms with van der Waals surface area (Å²) >= 11 is 0. The standard InChI is InChI=1S/C15H17N3O/c1-11-17-13(14(10-16)18(11)2)9-8-12-6-4-5-7-15(12)19-3/h4-7H,8-9H2,1-3H3. The Labute approximate surface area is 113 Å². The highest BCUT2D eigenvalue weighted by atomic mass is 16.5. The van der Waals surface area contributed by atoms with E-state index in [4.69, 9.17) is 4.74 Å². The summed E-state index contributed by atoms with van der Waals surface area (Å²) in [6.45, 7) is 1.91. The summed E-state index contributed by atoms with van der Waals surface area (Å²) in [6, 6.07) is 10.2. The summed E-state index contributed by atoms with van der Waals surface area (Å²) in [5, 5.41) is 9.18. The van der Waals surface area contributed by atoms with Crippen molar-refractivity contribution in [2.75, 3.05) is 7.11 Å². The number of nitriles is 1. The van der Waals surface area contributed by atoms with Crippen LogP contribution >= 0.6 is 0 Å². The molecule has 0 saturated carbocycles. The van der Waals surface area contributed by atoms with Gasteiger partial charge >= 0.3 is 0 Å². The largest absolute Gasteiger partial charge is 0.496 e. The van der Waals surface area contributed by atoms with Gasteiger partial charge in [0.05, 0.1) is 12.8 Å². The molecule has 19 heavy (non-hydrogen) atoms. The first-order valence-electron chi connectivity index (χ1n) is 6.21. The van der Waals surface area contributed by atoms with Gasteiger partial charge in [-0.1, -0.05) is 18.2 Å². The molecule has 0 fully saturated rings. The van der Waals surface area contributed by atoms with Gasteiger partial charge in [0.15, 0.2) is 0 Å². The van der Waals surface area contributed by atoms with E-state index >= 15 is 0 Å². The topological polar surface area (TPSA) is 50.8 Å². The molecule has 2 aromatic rings. The Balaban J connectivity index is 2.20. The van der Waals surface area contributed by atoms with Crippen LogP contribution in [-0.4, -0.2) is 16.7 Å². The van der Waals surface area contributed by atoms with Crippen molar-refractivity contribution in [1.29, 1.82) is 5.26 Å². The Kier molecular flexibility index (Phi) is 3.86. The molecule has 0 atom stereocenters. The van der Waals surface area contributed by atoms with Crippen LogP contribution in [-0.2, 0) is 19.9 Å². The van der Waals surface area contributed by atoms with E-state index in [-0.39, 0.29) is 0 Å². The Hall–Kier alpha value is -2.28. The molecule has 0 amide bonds. The van der Waals surface area contributed by atoms with Gasteiger partial charge in [0.2, 0.25) is 0 Å². The maximum absolute atomic E-state index is 9.18. The predicted octanol–water partition coefficient (Wildman–Crippen LogP) is 2.39. The van der Waals surface area contributed by atoms with Gasteiger partial charge in [0.25, 0.3) is 0 Å². The third-order valence-electron chi connectivity index (χ3n) is 3.32. The fourth-order valence-electron chi connectivity index (χ4n) is 2.16. The molecule has 0 radical (unpaired) electrons. The number of para-hydroxylation sites is 1. The fourth-order valence-corrected chi connectivity index (χ4v) is 2.16. The van der Waals surface area contributed by atoms with E-state index in [2.05, 4.69) is 11.1 Å². The third-order valence-corrected chi connectivity index (χ3v) is 3.32. The SMILES string of the molecule is COc1ccccc1CCc1nc(C)n(C)c1C#N. The monoisotopic (exact) mass is 255 g/mol. The second-order valence-electron chi connectivity index (χ2n) is 4.44. The van der Waals surface area contributed by atoms with Crippen molar-refractivity contribution >= 4 is 0 Å². The van der Waals surface area contributed by atoms with Crippen LogP contribution in [0.1, 0.15) is 22.8 Å². The van der Waals surface area contributed by atoms with Crippen molar-refractivity contribution in [1.82, 2.24) is 9.55 Å². The average Bonchev–Trinajstić information content (AvgIpc) is 2.71. The van der Waals surface area contributed by atoms with E-state index in [1.54, 1.807) is 7.11 Å². The maximum atomic E-state index is 9.18. The lowest BCUT2D eigenvalue weighted by atomic mass is 10.1. The van der Waals surface area contributed by atoms with Crippen LogP contribution in [0.2, 0.25) is 0 Å². The number of rotatable bonds is 4. The van der Waals surface area contributed by atoms with Crippen molar-refractivity contribution < 1.29 is 4.74 Å². The minimum Gasteiger partial charge on any atom is -0.496 e. The normalized spacial score (nSPS) is 10.2. The smallest absolute Gasteiger partial charge is 0.143 e. The molecular formula is C15H17N3O. The number of imidazole rings is 1. The lowest BCUT2D eigenvalue weighted by Gasteiger charge is -2.07. The zero-order valence-electron chi connectivity index (χ0n) is 11.5. The molecular weight excluding hydrogens is 238 g/mol. The van der Waals surface area contributed by atoms with E-state index in [1.807, 2.05) is 42.8 Å². The summed E-state index contributed by atoms with van der Waals surface area (Å²) < 4.78 is 7.16. The molecule has 4 heteroatoms. The Morgan fingerprint density at radius 2 is 2.05 bits per heavy atom. The van der Waals surface area contributed by atoms with Crippen LogP contribution in [0.4, 0.5) is 0 Å². The van der Waals surface area contributed by atoms with Crippen LogP contribution in [0.5, 0.6) is 5.75 Å². The van der Waals surface area contributed by atoms with Crippen molar-refractivity contribution in [3.63, 3.8) is 0 Å². The van der Waals surface area contributed by atoms with Crippen molar-refractivity contribution in [3.05, 3.63) is 47.0 Å². The van der Waals surface area contributed by atoms with E-state index in [9.17, 15) is 5.26 Å². The van der Waals surface area contributed by atoms with Crippen LogP contribution in [0.15, 0.2) is 24.3 Å². The van der Waals surface area contributed by atoms with Crippen LogP contribution in [0, 0.1) is 18.3 Å². The molecule has 98 valence electrons. The first kappa shape index (κ1) is 13.2. The highest BCUT2D eigenvalue weighted by Crippen LogP contribution is 2.20. The summed E-state index contributed by atoms with van der Waals surface area (Å²) in [5.74, 6) is 1.75. The van der Waals surface area contributed by atoms with Crippen molar-refractivity contribution in [3.8, 4) is 11.8 Å².